The molecule has 0 spiro atoms. The maximum absolute atomic E-state index is 12.7. The molecular formula is C15H22ClFN2O2. The number of carbonyl (C=O) groups is 1. The molecule has 118 valence electrons. The summed E-state index contributed by atoms with van der Waals surface area (Å²) in [6.07, 6.45) is 3.52. The monoisotopic (exact) mass is 316 g/mol. The van der Waals surface area contributed by atoms with Gasteiger partial charge in [0.2, 0.25) is 5.91 Å². The first-order chi connectivity index (χ1) is 9.69. The van der Waals surface area contributed by atoms with Gasteiger partial charge in [0.15, 0.2) is 0 Å². The molecule has 0 bridgehead atoms. The predicted molar refractivity (Wildman–Crippen MR) is 82.1 cm³/mol. The maximum Gasteiger partial charge on any atom is 0.223 e. The number of rotatable bonds is 6. The van der Waals surface area contributed by atoms with Crippen LogP contribution in [0.25, 0.3) is 0 Å². The third-order valence-electron chi connectivity index (χ3n) is 3.72. The summed E-state index contributed by atoms with van der Waals surface area (Å²) >= 11 is 0. The highest BCUT2D eigenvalue weighted by Gasteiger charge is 2.26. The van der Waals surface area contributed by atoms with E-state index in [2.05, 4.69) is 5.32 Å². The van der Waals surface area contributed by atoms with E-state index in [1.165, 1.54) is 12.1 Å². The molecule has 0 heterocycles. The summed E-state index contributed by atoms with van der Waals surface area (Å²) < 4.78 is 18.1. The number of nitrogens with one attached hydrogen (secondary N) is 1. The van der Waals surface area contributed by atoms with Gasteiger partial charge in [-0.3, -0.25) is 4.79 Å². The quantitative estimate of drug-likeness (QED) is 0.846. The Balaban J connectivity index is 0.00000220. The summed E-state index contributed by atoms with van der Waals surface area (Å²) in [5.74, 6) is 0.651. The molecule has 2 atom stereocenters. The minimum Gasteiger partial charge on any atom is -0.493 e. The highest BCUT2D eigenvalue weighted by atomic mass is 35.5. The van der Waals surface area contributed by atoms with Crippen LogP contribution in [0.3, 0.4) is 0 Å². The van der Waals surface area contributed by atoms with E-state index in [0.29, 0.717) is 24.6 Å². The van der Waals surface area contributed by atoms with Gasteiger partial charge in [-0.2, -0.15) is 0 Å². The van der Waals surface area contributed by atoms with Gasteiger partial charge in [-0.1, -0.05) is 6.42 Å². The van der Waals surface area contributed by atoms with Crippen molar-refractivity contribution in [1.82, 2.24) is 5.32 Å². The van der Waals surface area contributed by atoms with Crippen molar-refractivity contribution in [2.24, 2.45) is 11.7 Å². The average Bonchev–Trinajstić information content (AvgIpc) is 2.88. The van der Waals surface area contributed by atoms with Crippen LogP contribution >= 0.6 is 12.4 Å². The molecular weight excluding hydrogens is 295 g/mol. The molecule has 1 aromatic carbocycles. The molecule has 1 aliphatic rings. The van der Waals surface area contributed by atoms with Crippen LogP contribution in [-0.4, -0.2) is 25.1 Å². The van der Waals surface area contributed by atoms with E-state index in [1.54, 1.807) is 12.1 Å². The van der Waals surface area contributed by atoms with Crippen LogP contribution in [0.1, 0.15) is 25.7 Å². The van der Waals surface area contributed by atoms with Crippen molar-refractivity contribution in [2.45, 2.75) is 31.7 Å². The van der Waals surface area contributed by atoms with E-state index >= 15 is 0 Å². The Morgan fingerprint density at radius 1 is 1.33 bits per heavy atom. The lowest BCUT2D eigenvalue weighted by Gasteiger charge is -2.19. The minimum atomic E-state index is -0.302. The molecule has 1 fully saturated rings. The van der Waals surface area contributed by atoms with Crippen molar-refractivity contribution in [2.75, 3.05) is 13.2 Å². The van der Waals surface area contributed by atoms with Crippen molar-refractivity contribution in [3.05, 3.63) is 30.1 Å². The van der Waals surface area contributed by atoms with Gasteiger partial charge in [0.1, 0.15) is 11.6 Å². The van der Waals surface area contributed by atoms with Crippen molar-refractivity contribution < 1.29 is 13.9 Å². The van der Waals surface area contributed by atoms with Gasteiger partial charge in [-0.15, -0.1) is 12.4 Å². The van der Waals surface area contributed by atoms with E-state index in [0.717, 1.165) is 19.3 Å². The first kappa shape index (κ1) is 17.7. The summed E-state index contributed by atoms with van der Waals surface area (Å²) in [4.78, 5) is 11.8. The fourth-order valence-corrected chi connectivity index (χ4v) is 2.58. The van der Waals surface area contributed by atoms with E-state index in [1.807, 2.05) is 0 Å². The number of hydrogen-bond donors (Lipinski definition) is 2. The summed E-state index contributed by atoms with van der Waals surface area (Å²) in [5.41, 5.74) is 5.68. The molecule has 1 amide bonds. The number of hydrogen-bond acceptors (Lipinski definition) is 3. The lowest BCUT2D eigenvalue weighted by Crippen LogP contribution is -2.40. The zero-order valence-corrected chi connectivity index (χ0v) is 12.7. The van der Waals surface area contributed by atoms with E-state index in [-0.39, 0.29) is 36.8 Å². The smallest absolute Gasteiger partial charge is 0.223 e. The first-order valence-corrected chi connectivity index (χ1v) is 7.07. The van der Waals surface area contributed by atoms with Crippen molar-refractivity contribution >= 4 is 18.3 Å². The average molecular weight is 317 g/mol. The van der Waals surface area contributed by atoms with Crippen molar-refractivity contribution in [3.63, 3.8) is 0 Å². The molecule has 1 saturated carbocycles. The van der Waals surface area contributed by atoms with Gasteiger partial charge in [0, 0.05) is 6.04 Å². The van der Waals surface area contributed by atoms with Gasteiger partial charge in [0.25, 0.3) is 0 Å². The largest absolute Gasteiger partial charge is 0.493 e. The zero-order chi connectivity index (χ0) is 14.4. The third kappa shape index (κ3) is 5.52. The molecule has 3 N–H and O–H groups in total. The van der Waals surface area contributed by atoms with Crippen LogP contribution in [0.2, 0.25) is 0 Å². The second-order valence-corrected chi connectivity index (χ2v) is 5.15. The number of amides is 1. The van der Waals surface area contributed by atoms with E-state index < -0.39 is 0 Å². The second-order valence-electron chi connectivity index (χ2n) is 5.15. The van der Waals surface area contributed by atoms with Gasteiger partial charge >= 0.3 is 0 Å². The predicted octanol–water partition coefficient (Wildman–Crippen LogP) is 2.26. The molecule has 21 heavy (non-hydrogen) atoms. The Bertz CT molecular complexity index is 442. The summed E-state index contributed by atoms with van der Waals surface area (Å²) in [7, 11) is 0. The highest BCUT2D eigenvalue weighted by Crippen LogP contribution is 2.24. The molecule has 2 unspecified atom stereocenters. The molecule has 6 heteroatoms. The van der Waals surface area contributed by atoms with Crippen LogP contribution in [0.15, 0.2) is 24.3 Å². The number of halogens is 2. The second kappa shape index (κ2) is 8.85. The molecule has 0 saturated heterocycles. The molecule has 1 aliphatic carbocycles. The van der Waals surface area contributed by atoms with E-state index in [4.69, 9.17) is 10.5 Å². The Morgan fingerprint density at radius 2 is 2.05 bits per heavy atom. The normalized spacial score (nSPS) is 20.7. The van der Waals surface area contributed by atoms with E-state index in [9.17, 15) is 9.18 Å². The van der Waals surface area contributed by atoms with Crippen molar-refractivity contribution in [3.8, 4) is 5.75 Å². The van der Waals surface area contributed by atoms with Crippen LogP contribution in [0, 0.1) is 11.7 Å². The summed E-state index contributed by atoms with van der Waals surface area (Å²) in [6.45, 7) is 0.911. The third-order valence-corrected chi connectivity index (χ3v) is 3.72. The number of benzene rings is 1. The number of ether oxygens (including phenoxy) is 1. The SMILES string of the molecule is Cl.NCC1CCCC1NC(=O)CCOc1ccc(F)cc1. The maximum atomic E-state index is 12.7. The lowest BCUT2D eigenvalue weighted by atomic mass is 10.0. The van der Waals surface area contributed by atoms with Crippen LogP contribution < -0.4 is 15.8 Å². The molecule has 2 rings (SSSR count). The Morgan fingerprint density at radius 3 is 2.71 bits per heavy atom. The number of nitrogens with two attached hydrogens (primary N) is 1. The van der Waals surface area contributed by atoms with Crippen molar-refractivity contribution in [1.29, 1.82) is 0 Å². The molecule has 0 radical (unpaired) electrons. The topological polar surface area (TPSA) is 64.3 Å². The highest BCUT2D eigenvalue weighted by molar-refractivity contribution is 5.85. The van der Waals surface area contributed by atoms with Crippen LogP contribution in [-0.2, 0) is 4.79 Å². The molecule has 0 aliphatic heterocycles. The minimum absolute atomic E-state index is 0. The number of carbonyl (C=O) groups excluding carboxylic acids is 1. The zero-order valence-electron chi connectivity index (χ0n) is 11.9. The van der Waals surface area contributed by atoms with Gasteiger partial charge in [0.05, 0.1) is 13.0 Å². The summed E-state index contributed by atoms with van der Waals surface area (Å²) in [5, 5.41) is 3.02. The summed E-state index contributed by atoms with van der Waals surface area (Å²) in [6, 6.07) is 5.97. The Hall–Kier alpha value is -1.33. The molecule has 1 aromatic rings. The van der Waals surface area contributed by atoms with Gasteiger partial charge in [-0.25, -0.2) is 4.39 Å². The standard InChI is InChI=1S/C15H21FN2O2.ClH/c16-12-4-6-13(7-5-12)20-9-8-15(19)18-14-3-1-2-11(14)10-17;/h4-7,11,14H,1-3,8-10,17H2,(H,18,19);1H. The molecule has 0 aromatic heterocycles. The van der Waals surface area contributed by atoms with Crippen LogP contribution in [0.4, 0.5) is 4.39 Å². The van der Waals surface area contributed by atoms with Crippen LogP contribution in [0.5, 0.6) is 5.75 Å². The Kier molecular flexibility index (Phi) is 7.47. The Labute approximate surface area is 130 Å². The first-order valence-electron chi connectivity index (χ1n) is 7.07. The van der Waals surface area contributed by atoms with Gasteiger partial charge < -0.3 is 15.8 Å². The fourth-order valence-electron chi connectivity index (χ4n) is 2.58. The van der Waals surface area contributed by atoms with Gasteiger partial charge in [-0.05, 0) is 49.6 Å². The fraction of sp³-hybridized carbons (Fsp3) is 0.533. The lowest BCUT2D eigenvalue weighted by molar-refractivity contribution is -0.122. The molecule has 4 nitrogen and oxygen atoms in total.